The summed E-state index contributed by atoms with van der Waals surface area (Å²) in [6.07, 6.45) is 10.1. The number of nitrogens with one attached hydrogen (secondary N) is 1. The summed E-state index contributed by atoms with van der Waals surface area (Å²) >= 11 is 0. The predicted octanol–water partition coefficient (Wildman–Crippen LogP) is 3.01. The molecule has 4 heteroatoms. The van der Waals surface area contributed by atoms with E-state index in [1.54, 1.807) is 30.4 Å². The lowest BCUT2D eigenvalue weighted by molar-refractivity contribution is -0.137. The topological polar surface area (TPSA) is 66.4 Å². The molecule has 0 bridgehead atoms. The van der Waals surface area contributed by atoms with E-state index in [4.69, 9.17) is 5.11 Å². The van der Waals surface area contributed by atoms with Crippen molar-refractivity contribution in [1.82, 2.24) is 5.32 Å². The van der Waals surface area contributed by atoms with Gasteiger partial charge in [-0.1, -0.05) is 60.7 Å². The molecule has 1 aromatic carbocycles. The number of rotatable bonds is 7. The molecular weight excluding hydrogens is 266 g/mol. The van der Waals surface area contributed by atoms with E-state index >= 15 is 0 Å². The molecule has 0 aliphatic heterocycles. The largest absolute Gasteiger partial charge is 0.481 e. The highest BCUT2D eigenvalue weighted by atomic mass is 16.4. The zero-order valence-corrected chi connectivity index (χ0v) is 11.9. The molecule has 1 aromatic rings. The number of amides is 1. The Labute approximate surface area is 124 Å². The molecule has 0 heterocycles. The summed E-state index contributed by atoms with van der Waals surface area (Å²) in [6, 6.07) is 8.51. The predicted molar refractivity (Wildman–Crippen MR) is 82.7 cm³/mol. The van der Waals surface area contributed by atoms with Gasteiger partial charge >= 0.3 is 5.97 Å². The van der Waals surface area contributed by atoms with E-state index in [9.17, 15) is 9.59 Å². The molecule has 21 heavy (non-hydrogen) atoms. The van der Waals surface area contributed by atoms with Crippen molar-refractivity contribution in [1.29, 1.82) is 0 Å². The fourth-order valence-corrected chi connectivity index (χ4v) is 1.71. The second kappa shape index (κ2) is 9.31. The lowest BCUT2D eigenvalue weighted by atomic mass is 10.0. The summed E-state index contributed by atoms with van der Waals surface area (Å²) in [5, 5.41) is 11.6. The van der Waals surface area contributed by atoms with Crippen molar-refractivity contribution < 1.29 is 14.7 Å². The van der Waals surface area contributed by atoms with Crippen molar-refractivity contribution >= 4 is 11.9 Å². The summed E-state index contributed by atoms with van der Waals surface area (Å²) in [4.78, 5) is 22.7. The quantitative estimate of drug-likeness (QED) is 0.598. The first-order chi connectivity index (χ1) is 10.1. The first-order valence-corrected chi connectivity index (χ1v) is 6.66. The molecule has 0 fully saturated rings. The van der Waals surface area contributed by atoms with Gasteiger partial charge in [-0.05, 0) is 12.5 Å². The van der Waals surface area contributed by atoms with Crippen LogP contribution in [0, 0.1) is 0 Å². The van der Waals surface area contributed by atoms with Gasteiger partial charge in [-0.25, -0.2) is 0 Å². The second-order valence-electron chi connectivity index (χ2n) is 4.34. The van der Waals surface area contributed by atoms with Gasteiger partial charge in [0.15, 0.2) is 0 Å². The van der Waals surface area contributed by atoms with E-state index in [0.717, 1.165) is 5.56 Å². The Morgan fingerprint density at radius 3 is 2.43 bits per heavy atom. The average molecular weight is 285 g/mol. The highest BCUT2D eigenvalue weighted by Crippen LogP contribution is 2.16. The van der Waals surface area contributed by atoms with Crippen molar-refractivity contribution in [3.63, 3.8) is 0 Å². The number of allylic oxidation sites excluding steroid dienone is 5. The maximum Gasteiger partial charge on any atom is 0.305 e. The van der Waals surface area contributed by atoms with E-state index < -0.39 is 12.0 Å². The number of aliphatic carboxylic acids is 1. The zero-order chi connectivity index (χ0) is 15.5. The van der Waals surface area contributed by atoms with Gasteiger partial charge in [0.1, 0.15) is 0 Å². The molecule has 1 unspecified atom stereocenters. The highest BCUT2D eigenvalue weighted by molar-refractivity contribution is 5.88. The fourth-order valence-electron chi connectivity index (χ4n) is 1.71. The van der Waals surface area contributed by atoms with Gasteiger partial charge in [-0.15, -0.1) is 0 Å². The number of hydrogen-bond donors (Lipinski definition) is 2. The highest BCUT2D eigenvalue weighted by Gasteiger charge is 2.16. The van der Waals surface area contributed by atoms with Gasteiger partial charge < -0.3 is 10.4 Å². The Kier molecular flexibility index (Phi) is 7.29. The van der Waals surface area contributed by atoms with Crippen LogP contribution in [0.15, 0.2) is 66.8 Å². The van der Waals surface area contributed by atoms with Crippen LogP contribution in [0.25, 0.3) is 0 Å². The Bertz CT molecular complexity index is 544. The summed E-state index contributed by atoms with van der Waals surface area (Å²) in [5.74, 6) is -1.28. The van der Waals surface area contributed by atoms with Gasteiger partial charge in [0.25, 0.3) is 0 Å². The Hall–Kier alpha value is -2.62. The second-order valence-corrected chi connectivity index (χ2v) is 4.34. The first-order valence-electron chi connectivity index (χ1n) is 6.66. The maximum absolute atomic E-state index is 11.8. The molecule has 0 radical (unpaired) electrons. The molecule has 0 saturated heterocycles. The van der Waals surface area contributed by atoms with E-state index in [2.05, 4.69) is 5.32 Å². The van der Waals surface area contributed by atoms with Gasteiger partial charge in [0, 0.05) is 6.08 Å². The Morgan fingerprint density at radius 2 is 1.81 bits per heavy atom. The van der Waals surface area contributed by atoms with Crippen LogP contribution in [-0.2, 0) is 9.59 Å². The third-order valence-corrected chi connectivity index (χ3v) is 2.67. The molecule has 0 saturated carbocycles. The number of hydrogen-bond acceptors (Lipinski definition) is 2. The number of benzene rings is 1. The maximum atomic E-state index is 11.8. The third-order valence-electron chi connectivity index (χ3n) is 2.67. The molecule has 0 spiro atoms. The molecule has 0 aliphatic carbocycles. The Balaban J connectivity index is 2.69. The number of carboxylic acids is 1. The summed E-state index contributed by atoms with van der Waals surface area (Å²) in [6.45, 7) is 1.90. The van der Waals surface area contributed by atoms with Gasteiger partial charge in [-0.2, -0.15) is 0 Å². The van der Waals surface area contributed by atoms with E-state index in [0.29, 0.717) is 0 Å². The summed E-state index contributed by atoms with van der Waals surface area (Å²) in [7, 11) is 0. The molecule has 110 valence electrons. The molecule has 4 nitrogen and oxygen atoms in total. The molecule has 1 rings (SSSR count). The van der Waals surface area contributed by atoms with E-state index in [-0.39, 0.29) is 12.3 Å². The van der Waals surface area contributed by atoms with Gasteiger partial charge in [0.2, 0.25) is 5.91 Å². The minimum absolute atomic E-state index is 0.155. The fraction of sp³-hybridized carbons (Fsp3) is 0.176. The first kappa shape index (κ1) is 16.4. The minimum atomic E-state index is -0.957. The van der Waals surface area contributed by atoms with Crippen molar-refractivity contribution in [2.45, 2.75) is 19.4 Å². The third kappa shape index (κ3) is 6.92. The molecule has 0 aromatic heterocycles. The summed E-state index contributed by atoms with van der Waals surface area (Å²) < 4.78 is 0. The van der Waals surface area contributed by atoms with Gasteiger partial charge in [0.05, 0.1) is 12.5 Å². The number of carbonyl (C=O) groups excluding carboxylic acids is 1. The molecular formula is C17H19NO3. The van der Waals surface area contributed by atoms with Crippen LogP contribution in [0.4, 0.5) is 0 Å². The van der Waals surface area contributed by atoms with Crippen LogP contribution in [0.3, 0.4) is 0 Å². The van der Waals surface area contributed by atoms with Crippen LogP contribution in [0.2, 0.25) is 0 Å². The van der Waals surface area contributed by atoms with Crippen molar-refractivity contribution in [2.75, 3.05) is 0 Å². The number of carboxylic acid groups (broad SMARTS) is 1. The van der Waals surface area contributed by atoms with Crippen LogP contribution < -0.4 is 5.32 Å². The summed E-state index contributed by atoms with van der Waals surface area (Å²) in [5.41, 5.74) is 0.770. The molecule has 1 atom stereocenters. The normalized spacial score (nSPS) is 13.0. The molecule has 1 amide bonds. The zero-order valence-electron chi connectivity index (χ0n) is 11.9. The Morgan fingerprint density at radius 1 is 1.14 bits per heavy atom. The number of carbonyl (C=O) groups is 2. The lowest BCUT2D eigenvalue weighted by Gasteiger charge is -2.16. The standard InChI is InChI=1S/C17H19NO3/c1-2-3-4-5-9-12-16(19)18-15(13-17(20)21)14-10-7-6-8-11-14/h2-12,15H,13H2,1H3,(H,18,19)(H,20,21). The molecule has 2 N–H and O–H groups in total. The monoisotopic (exact) mass is 285 g/mol. The van der Waals surface area contributed by atoms with Crippen LogP contribution in [0.5, 0.6) is 0 Å². The van der Waals surface area contributed by atoms with Gasteiger partial charge in [-0.3, -0.25) is 9.59 Å². The minimum Gasteiger partial charge on any atom is -0.481 e. The van der Waals surface area contributed by atoms with Crippen molar-refractivity contribution in [2.24, 2.45) is 0 Å². The van der Waals surface area contributed by atoms with E-state index in [1.807, 2.05) is 37.3 Å². The van der Waals surface area contributed by atoms with Crippen molar-refractivity contribution in [3.8, 4) is 0 Å². The van der Waals surface area contributed by atoms with E-state index in [1.165, 1.54) is 6.08 Å². The SMILES string of the molecule is CC=CC=CC=CC(=O)NC(CC(=O)O)c1ccccc1. The van der Waals surface area contributed by atoms with Crippen LogP contribution >= 0.6 is 0 Å². The molecule has 0 aliphatic rings. The smallest absolute Gasteiger partial charge is 0.305 e. The van der Waals surface area contributed by atoms with Crippen LogP contribution in [0.1, 0.15) is 24.9 Å². The lowest BCUT2D eigenvalue weighted by Crippen LogP contribution is -2.28. The van der Waals surface area contributed by atoms with Crippen molar-refractivity contribution in [3.05, 3.63) is 72.4 Å². The van der Waals surface area contributed by atoms with Crippen LogP contribution in [-0.4, -0.2) is 17.0 Å². The average Bonchev–Trinajstić information content (AvgIpc) is 2.47.